The Morgan fingerprint density at radius 3 is 1.72 bits per heavy atom. The normalized spacial score (nSPS) is 12.7. The number of hydrogen-bond acceptors (Lipinski definition) is 2. The molecule has 0 radical (unpaired) electrons. The summed E-state index contributed by atoms with van der Waals surface area (Å²) < 4.78 is 2.61. The lowest BCUT2D eigenvalue weighted by molar-refractivity contribution is 0.769. The summed E-state index contributed by atoms with van der Waals surface area (Å²) in [6, 6.07) is 87.3. The Bertz CT molecular complexity index is 3380. The number of hydrogen-bond donors (Lipinski definition) is 0. The molecule has 61 heavy (non-hydrogen) atoms. The van der Waals surface area contributed by atoms with E-state index in [0.29, 0.717) is 0 Å². The number of rotatable bonds is 7. The molecule has 0 aliphatic heterocycles. The first-order valence-electron chi connectivity index (χ1n) is 21.0. The monoisotopic (exact) mass is 793 g/mol. The van der Waals surface area contributed by atoms with Gasteiger partial charge in [0.05, 0.1) is 5.41 Å². The lowest BCUT2D eigenvalue weighted by Gasteiger charge is -2.34. The summed E-state index contributed by atoms with van der Waals surface area (Å²) in [4.78, 5) is 2.41. The zero-order valence-electron chi connectivity index (χ0n) is 33.4. The van der Waals surface area contributed by atoms with Gasteiger partial charge in [0.15, 0.2) is 0 Å². The summed E-state index contributed by atoms with van der Waals surface area (Å²) in [5.74, 6) is 0. The topological polar surface area (TPSA) is 3.24 Å². The van der Waals surface area contributed by atoms with Crippen LogP contribution in [0.5, 0.6) is 0 Å². The predicted octanol–water partition coefficient (Wildman–Crippen LogP) is 16.4. The van der Waals surface area contributed by atoms with Crippen molar-refractivity contribution in [1.82, 2.24) is 0 Å². The van der Waals surface area contributed by atoms with E-state index in [9.17, 15) is 0 Å². The highest BCUT2D eigenvalue weighted by molar-refractivity contribution is 7.25. The van der Waals surface area contributed by atoms with E-state index >= 15 is 0 Å². The largest absolute Gasteiger partial charge is 0.310 e. The quantitative estimate of drug-likeness (QED) is 0.155. The Hall–Kier alpha value is -7.52. The van der Waals surface area contributed by atoms with Gasteiger partial charge in [-0.3, -0.25) is 0 Å². The summed E-state index contributed by atoms with van der Waals surface area (Å²) in [7, 11) is 0. The first-order valence-corrected chi connectivity index (χ1v) is 21.8. The number of fused-ring (bicyclic) bond motifs is 7. The summed E-state index contributed by atoms with van der Waals surface area (Å²) in [5.41, 5.74) is 15.5. The number of nitrogens with zero attached hydrogens (tertiary/aromatic N) is 1. The maximum atomic E-state index is 2.45. The zero-order chi connectivity index (χ0) is 40.3. The van der Waals surface area contributed by atoms with Gasteiger partial charge in [0.1, 0.15) is 0 Å². The van der Waals surface area contributed by atoms with Crippen LogP contribution in [0.1, 0.15) is 22.3 Å². The molecule has 12 rings (SSSR count). The Labute approximate surface area is 360 Å². The average Bonchev–Trinajstić information content (AvgIpc) is 3.86. The SMILES string of the molecule is c1ccc(C2(c3ccccc3)c3ccccc3-c3ccc(-c4ccc(N(c5cccc(-c6ccc7ccccc7c6)c5)c5ccc6sc7ccccc7c6c5)cc4)cc32)cc1. The van der Waals surface area contributed by atoms with Crippen LogP contribution in [0.3, 0.4) is 0 Å². The predicted molar refractivity (Wildman–Crippen MR) is 260 cm³/mol. The van der Waals surface area contributed by atoms with Crippen LogP contribution in [0, 0.1) is 0 Å². The number of benzene rings is 10. The van der Waals surface area contributed by atoms with Crippen molar-refractivity contribution in [2.24, 2.45) is 0 Å². The molecule has 286 valence electrons. The summed E-state index contributed by atoms with van der Waals surface area (Å²) in [5, 5.41) is 5.07. The van der Waals surface area contributed by atoms with Crippen LogP contribution in [0.4, 0.5) is 17.1 Å². The molecule has 1 nitrogen and oxygen atoms in total. The van der Waals surface area contributed by atoms with Gasteiger partial charge in [-0.1, -0.05) is 176 Å². The Morgan fingerprint density at radius 2 is 0.902 bits per heavy atom. The van der Waals surface area contributed by atoms with Crippen molar-refractivity contribution in [3.63, 3.8) is 0 Å². The fourth-order valence-corrected chi connectivity index (χ4v) is 11.0. The summed E-state index contributed by atoms with van der Waals surface area (Å²) >= 11 is 1.86. The molecular weight excluding hydrogens is 755 g/mol. The smallest absolute Gasteiger partial charge is 0.0713 e. The zero-order valence-corrected chi connectivity index (χ0v) is 34.2. The molecule has 0 N–H and O–H groups in total. The van der Waals surface area contributed by atoms with Crippen molar-refractivity contribution in [2.75, 3.05) is 4.90 Å². The molecule has 1 aliphatic carbocycles. The number of anilines is 3. The van der Waals surface area contributed by atoms with Crippen molar-refractivity contribution in [3.8, 4) is 33.4 Å². The molecule has 0 spiro atoms. The first kappa shape index (κ1) is 35.4. The minimum absolute atomic E-state index is 0.443. The van der Waals surface area contributed by atoms with Gasteiger partial charge in [-0.15, -0.1) is 11.3 Å². The highest BCUT2D eigenvalue weighted by Crippen LogP contribution is 2.56. The maximum absolute atomic E-state index is 2.45. The van der Waals surface area contributed by atoms with E-state index < -0.39 is 5.41 Å². The third-order valence-corrected chi connectivity index (χ3v) is 13.9. The lowest BCUT2D eigenvalue weighted by Crippen LogP contribution is -2.28. The summed E-state index contributed by atoms with van der Waals surface area (Å²) in [6.45, 7) is 0. The van der Waals surface area contributed by atoms with E-state index in [4.69, 9.17) is 0 Å². The average molecular weight is 794 g/mol. The van der Waals surface area contributed by atoms with E-state index in [0.717, 1.165) is 17.1 Å². The van der Waals surface area contributed by atoms with E-state index in [2.05, 4.69) is 241 Å². The molecule has 1 heterocycles. The van der Waals surface area contributed by atoms with Gasteiger partial charge in [-0.2, -0.15) is 0 Å². The number of thiophene rings is 1. The van der Waals surface area contributed by atoms with E-state index in [1.165, 1.54) is 86.6 Å². The van der Waals surface area contributed by atoms with Gasteiger partial charge in [0, 0.05) is 37.2 Å². The van der Waals surface area contributed by atoms with Crippen molar-refractivity contribution >= 4 is 59.3 Å². The van der Waals surface area contributed by atoms with Crippen LogP contribution >= 0.6 is 11.3 Å². The molecule has 0 saturated heterocycles. The molecule has 0 atom stereocenters. The molecule has 10 aromatic carbocycles. The van der Waals surface area contributed by atoms with Gasteiger partial charge >= 0.3 is 0 Å². The highest BCUT2D eigenvalue weighted by atomic mass is 32.1. The first-order chi connectivity index (χ1) is 30.2. The third kappa shape index (κ3) is 5.75. The van der Waals surface area contributed by atoms with Crippen LogP contribution in [0.15, 0.2) is 237 Å². The van der Waals surface area contributed by atoms with Crippen LogP contribution in [0.25, 0.3) is 64.3 Å². The molecule has 0 fully saturated rings. The van der Waals surface area contributed by atoms with Crippen molar-refractivity contribution < 1.29 is 0 Å². The highest BCUT2D eigenvalue weighted by Gasteiger charge is 2.46. The van der Waals surface area contributed by atoms with Crippen LogP contribution < -0.4 is 4.90 Å². The van der Waals surface area contributed by atoms with Crippen molar-refractivity contribution in [2.45, 2.75) is 5.41 Å². The van der Waals surface area contributed by atoms with Gasteiger partial charge in [-0.25, -0.2) is 0 Å². The molecule has 11 aromatic rings. The lowest BCUT2D eigenvalue weighted by atomic mass is 9.67. The maximum Gasteiger partial charge on any atom is 0.0713 e. The minimum atomic E-state index is -0.443. The van der Waals surface area contributed by atoms with Gasteiger partial charge < -0.3 is 4.90 Å². The summed E-state index contributed by atoms with van der Waals surface area (Å²) in [6.07, 6.45) is 0. The fourth-order valence-electron chi connectivity index (χ4n) is 9.92. The van der Waals surface area contributed by atoms with Crippen molar-refractivity contribution in [1.29, 1.82) is 0 Å². The van der Waals surface area contributed by atoms with Gasteiger partial charge in [0.2, 0.25) is 0 Å². The molecule has 1 aromatic heterocycles. The third-order valence-electron chi connectivity index (χ3n) is 12.7. The molecule has 1 aliphatic rings. The van der Waals surface area contributed by atoms with Crippen LogP contribution in [-0.2, 0) is 5.41 Å². The van der Waals surface area contributed by atoms with E-state index in [1.54, 1.807) is 0 Å². The van der Waals surface area contributed by atoms with E-state index in [-0.39, 0.29) is 0 Å². The molecular formula is C59H39NS. The standard InChI is InChI=1S/C59H39NS/c1-3-17-46(18-4-1)59(47-19-5-2-6-20-47)55-24-11-9-22-51(55)52-34-30-45(38-56(52)59)41-28-31-48(32-29-41)60(50-33-35-58-54(39-50)53-23-10-12-25-57(53)61-58)49-21-13-16-43(37-49)44-27-26-40-14-7-8-15-42(40)36-44/h1-39H. The minimum Gasteiger partial charge on any atom is -0.310 e. The molecule has 0 saturated carbocycles. The van der Waals surface area contributed by atoms with Gasteiger partial charge in [0.25, 0.3) is 0 Å². The van der Waals surface area contributed by atoms with Crippen molar-refractivity contribution in [3.05, 3.63) is 259 Å². The van der Waals surface area contributed by atoms with E-state index in [1.807, 2.05) is 11.3 Å². The molecule has 0 amide bonds. The Morgan fingerprint density at radius 1 is 0.311 bits per heavy atom. The molecule has 2 heteroatoms. The van der Waals surface area contributed by atoms with Crippen LogP contribution in [-0.4, -0.2) is 0 Å². The Kier molecular flexibility index (Phi) is 8.33. The fraction of sp³-hybridized carbons (Fsp3) is 0.0169. The second-order valence-electron chi connectivity index (χ2n) is 16.1. The van der Waals surface area contributed by atoms with Gasteiger partial charge in [-0.05, 0) is 127 Å². The van der Waals surface area contributed by atoms with Crippen LogP contribution in [0.2, 0.25) is 0 Å². The Balaban J connectivity index is 0.996. The molecule has 0 unspecified atom stereocenters. The second kappa shape index (κ2) is 14.3. The second-order valence-corrected chi connectivity index (χ2v) is 17.1. The molecule has 0 bridgehead atoms.